The van der Waals surface area contributed by atoms with Crippen LogP contribution in [-0.4, -0.2) is 29.5 Å². The van der Waals surface area contributed by atoms with Gasteiger partial charge in [-0.1, -0.05) is 55.8 Å². The maximum absolute atomic E-state index is 12.8. The molecule has 1 N–H and O–H groups in total. The molecule has 3 rings (SSSR count). The van der Waals surface area contributed by atoms with E-state index < -0.39 is 5.97 Å². The highest BCUT2D eigenvalue weighted by molar-refractivity contribution is 6.30. The van der Waals surface area contributed by atoms with Gasteiger partial charge in [-0.2, -0.15) is 0 Å². The van der Waals surface area contributed by atoms with E-state index in [0.717, 1.165) is 5.56 Å². The molecule has 0 spiro atoms. The van der Waals surface area contributed by atoms with Crippen molar-refractivity contribution in [2.75, 3.05) is 6.61 Å². The number of carbonyl (C=O) groups is 2. The summed E-state index contributed by atoms with van der Waals surface area (Å²) >= 11 is 5.97. The third-order valence-corrected chi connectivity index (χ3v) is 5.05. The van der Waals surface area contributed by atoms with Gasteiger partial charge in [0.2, 0.25) is 0 Å². The Hall–Kier alpha value is -2.92. The lowest BCUT2D eigenvalue weighted by Crippen LogP contribution is -2.38. The van der Waals surface area contributed by atoms with E-state index >= 15 is 0 Å². The predicted octanol–water partition coefficient (Wildman–Crippen LogP) is 4.87. The fourth-order valence-electron chi connectivity index (χ4n) is 2.78. The number of amides is 1. The van der Waals surface area contributed by atoms with Gasteiger partial charge in [-0.05, 0) is 37.1 Å². The normalized spacial score (nSPS) is 12.0. The van der Waals surface area contributed by atoms with Gasteiger partial charge in [0.15, 0.2) is 6.61 Å². The smallest absolute Gasteiger partial charge is 0.339 e. The Bertz CT molecular complexity index is 1030. The Labute approximate surface area is 175 Å². The van der Waals surface area contributed by atoms with Gasteiger partial charge in [0.1, 0.15) is 0 Å². The van der Waals surface area contributed by atoms with Crippen molar-refractivity contribution in [3.8, 4) is 11.3 Å². The van der Waals surface area contributed by atoms with Crippen LogP contribution in [0.2, 0.25) is 5.02 Å². The molecule has 3 aromatic rings. The number of esters is 1. The van der Waals surface area contributed by atoms with Crippen molar-refractivity contribution in [3.05, 3.63) is 65.2 Å². The first-order valence-corrected chi connectivity index (χ1v) is 9.85. The molecule has 0 aliphatic carbocycles. The minimum absolute atomic E-state index is 0.000496. The number of carbonyl (C=O) groups excluding carboxylic acids is 2. The molecule has 0 radical (unpaired) electrons. The lowest BCUT2D eigenvalue weighted by molar-refractivity contribution is -0.125. The first-order valence-electron chi connectivity index (χ1n) is 9.47. The molecule has 0 bridgehead atoms. The number of fused-ring (bicyclic) bond motifs is 1. The number of hydrogen-bond donors (Lipinski definition) is 1. The molecule has 5 nitrogen and oxygen atoms in total. The lowest BCUT2D eigenvalue weighted by Gasteiger charge is -2.17. The third-order valence-electron chi connectivity index (χ3n) is 4.80. The summed E-state index contributed by atoms with van der Waals surface area (Å²) in [6, 6.07) is 16.2. The number of hydrogen-bond acceptors (Lipinski definition) is 4. The second kappa shape index (κ2) is 9.05. The van der Waals surface area contributed by atoms with Crippen LogP contribution in [0.15, 0.2) is 54.6 Å². The van der Waals surface area contributed by atoms with Crippen molar-refractivity contribution in [2.45, 2.75) is 26.8 Å². The van der Waals surface area contributed by atoms with Crippen LogP contribution in [0.5, 0.6) is 0 Å². The number of para-hydroxylation sites is 1. The van der Waals surface area contributed by atoms with Crippen LogP contribution in [0.1, 0.15) is 31.1 Å². The number of halogens is 1. The zero-order valence-corrected chi connectivity index (χ0v) is 17.4. The first-order chi connectivity index (χ1) is 13.8. The fraction of sp³-hybridized carbons (Fsp3) is 0.261. The van der Waals surface area contributed by atoms with Crippen LogP contribution in [0.4, 0.5) is 0 Å². The molecule has 0 aliphatic heterocycles. The molecule has 0 unspecified atom stereocenters. The highest BCUT2D eigenvalue weighted by Gasteiger charge is 2.17. The van der Waals surface area contributed by atoms with Crippen LogP contribution in [0, 0.1) is 5.92 Å². The molecule has 29 heavy (non-hydrogen) atoms. The molecule has 6 heteroatoms. The lowest BCUT2D eigenvalue weighted by atomic mass is 10.0. The van der Waals surface area contributed by atoms with Gasteiger partial charge in [-0.25, -0.2) is 9.78 Å². The van der Waals surface area contributed by atoms with E-state index in [2.05, 4.69) is 10.3 Å². The molecule has 150 valence electrons. The SMILES string of the molecule is CC(C)[C@@H](C)NC(=O)COC(=O)c1cc(-c2ccc(Cl)cc2)nc2ccccc12. The quantitative estimate of drug-likeness (QED) is 0.588. The van der Waals surface area contributed by atoms with E-state index in [4.69, 9.17) is 16.3 Å². The summed E-state index contributed by atoms with van der Waals surface area (Å²) in [5, 5.41) is 4.12. The van der Waals surface area contributed by atoms with E-state index in [-0.39, 0.29) is 18.6 Å². The second-order valence-electron chi connectivity index (χ2n) is 7.26. The van der Waals surface area contributed by atoms with Crippen molar-refractivity contribution in [3.63, 3.8) is 0 Å². The van der Waals surface area contributed by atoms with Crippen molar-refractivity contribution < 1.29 is 14.3 Å². The van der Waals surface area contributed by atoms with Gasteiger partial charge in [0.05, 0.1) is 16.8 Å². The topological polar surface area (TPSA) is 68.3 Å². The summed E-state index contributed by atoms with van der Waals surface area (Å²) in [5.41, 5.74) is 2.50. The number of aromatic nitrogens is 1. The number of pyridine rings is 1. The van der Waals surface area contributed by atoms with Crippen molar-refractivity contribution in [1.29, 1.82) is 0 Å². The molecular formula is C23H23ClN2O3. The molecule has 1 heterocycles. The molecule has 1 amide bonds. The van der Waals surface area contributed by atoms with Crippen LogP contribution in [0.3, 0.4) is 0 Å². The van der Waals surface area contributed by atoms with Crippen molar-refractivity contribution >= 4 is 34.4 Å². The Morgan fingerprint density at radius 3 is 2.45 bits per heavy atom. The van der Waals surface area contributed by atoms with Gasteiger partial charge in [-0.3, -0.25) is 4.79 Å². The summed E-state index contributed by atoms with van der Waals surface area (Å²) in [4.78, 5) is 29.5. The summed E-state index contributed by atoms with van der Waals surface area (Å²) < 4.78 is 5.29. The van der Waals surface area contributed by atoms with E-state index in [0.29, 0.717) is 33.1 Å². The minimum Gasteiger partial charge on any atom is -0.452 e. The highest BCUT2D eigenvalue weighted by atomic mass is 35.5. The molecule has 1 atom stereocenters. The summed E-state index contributed by atoms with van der Waals surface area (Å²) in [6.45, 7) is 5.61. The largest absolute Gasteiger partial charge is 0.452 e. The Kier molecular flexibility index (Phi) is 6.49. The molecule has 0 aliphatic rings. The minimum atomic E-state index is -0.564. The van der Waals surface area contributed by atoms with E-state index in [1.165, 1.54) is 0 Å². The Morgan fingerprint density at radius 2 is 1.76 bits per heavy atom. The fourth-order valence-corrected chi connectivity index (χ4v) is 2.91. The monoisotopic (exact) mass is 410 g/mol. The summed E-state index contributed by atoms with van der Waals surface area (Å²) in [6.07, 6.45) is 0. The van der Waals surface area contributed by atoms with Gasteiger partial charge in [0, 0.05) is 22.0 Å². The first kappa shape index (κ1) is 20.8. The average molecular weight is 411 g/mol. The average Bonchev–Trinajstić information content (AvgIpc) is 2.71. The molecule has 1 aromatic heterocycles. The standard InChI is InChI=1S/C23H23ClN2O3/c1-14(2)15(3)25-22(27)13-29-23(28)19-12-21(16-8-10-17(24)11-9-16)26-20-7-5-4-6-18(19)20/h4-12,14-15H,13H2,1-3H3,(H,25,27)/t15-/m1/s1. The van der Waals surface area contributed by atoms with E-state index in [1.807, 2.05) is 57.2 Å². The van der Waals surface area contributed by atoms with Crippen LogP contribution in [0.25, 0.3) is 22.2 Å². The molecule has 2 aromatic carbocycles. The maximum Gasteiger partial charge on any atom is 0.339 e. The van der Waals surface area contributed by atoms with Crippen LogP contribution < -0.4 is 5.32 Å². The maximum atomic E-state index is 12.8. The van der Waals surface area contributed by atoms with Crippen molar-refractivity contribution in [2.24, 2.45) is 5.92 Å². The number of nitrogens with one attached hydrogen (secondary N) is 1. The zero-order valence-electron chi connectivity index (χ0n) is 16.6. The van der Waals surface area contributed by atoms with Gasteiger partial charge < -0.3 is 10.1 Å². The van der Waals surface area contributed by atoms with Gasteiger partial charge in [-0.15, -0.1) is 0 Å². The Balaban J connectivity index is 1.86. The molecule has 0 saturated heterocycles. The third kappa shape index (κ3) is 5.12. The number of benzene rings is 2. The number of rotatable bonds is 6. The zero-order chi connectivity index (χ0) is 21.0. The molecular weight excluding hydrogens is 388 g/mol. The number of nitrogens with zero attached hydrogens (tertiary/aromatic N) is 1. The summed E-state index contributed by atoms with van der Waals surface area (Å²) in [7, 11) is 0. The summed E-state index contributed by atoms with van der Waals surface area (Å²) in [5.74, 6) is -0.595. The number of ether oxygens (including phenoxy) is 1. The van der Waals surface area contributed by atoms with Gasteiger partial charge in [0.25, 0.3) is 5.91 Å². The van der Waals surface area contributed by atoms with Gasteiger partial charge >= 0.3 is 5.97 Å². The van der Waals surface area contributed by atoms with Crippen LogP contribution >= 0.6 is 11.6 Å². The van der Waals surface area contributed by atoms with E-state index in [1.54, 1.807) is 18.2 Å². The van der Waals surface area contributed by atoms with Crippen molar-refractivity contribution in [1.82, 2.24) is 10.3 Å². The molecule has 0 saturated carbocycles. The van der Waals surface area contributed by atoms with Crippen LogP contribution in [-0.2, 0) is 9.53 Å². The second-order valence-corrected chi connectivity index (χ2v) is 7.69. The predicted molar refractivity (Wildman–Crippen MR) is 115 cm³/mol. The Morgan fingerprint density at radius 1 is 1.07 bits per heavy atom. The van der Waals surface area contributed by atoms with E-state index in [9.17, 15) is 9.59 Å². The highest BCUT2D eigenvalue weighted by Crippen LogP contribution is 2.26. The molecule has 0 fully saturated rings.